The molecule has 30 heavy (non-hydrogen) atoms. The van der Waals surface area contributed by atoms with Gasteiger partial charge in [0.25, 0.3) is 0 Å². The Hall–Kier alpha value is -2.82. The summed E-state index contributed by atoms with van der Waals surface area (Å²) in [6.07, 6.45) is 0.462. The van der Waals surface area contributed by atoms with Crippen molar-refractivity contribution in [2.24, 2.45) is 0 Å². The summed E-state index contributed by atoms with van der Waals surface area (Å²) in [5.41, 5.74) is 2.09. The predicted molar refractivity (Wildman–Crippen MR) is 114 cm³/mol. The minimum absolute atomic E-state index is 0.205. The van der Waals surface area contributed by atoms with E-state index in [4.69, 9.17) is 0 Å². The first-order valence-corrected chi connectivity index (χ1v) is 11.5. The molecule has 1 aliphatic rings. The monoisotopic (exact) mass is 446 g/mol. The number of nitrogens with one attached hydrogen (secondary N) is 2. The van der Waals surface area contributed by atoms with E-state index in [1.165, 1.54) is 33.8 Å². The van der Waals surface area contributed by atoms with Crippen LogP contribution in [0.15, 0.2) is 53.4 Å². The topological polar surface area (TPSA) is 91.4 Å². The quantitative estimate of drug-likeness (QED) is 0.634. The van der Waals surface area contributed by atoms with Crippen molar-refractivity contribution in [2.75, 3.05) is 17.2 Å². The van der Waals surface area contributed by atoms with Gasteiger partial charge in [0.15, 0.2) is 5.13 Å². The normalized spacial score (nSPS) is 14.2. The predicted octanol–water partition coefficient (Wildman–Crippen LogP) is 3.98. The molecule has 0 bridgehead atoms. The Bertz CT molecular complexity index is 1190. The largest absolute Gasteiger partial charge is 0.325 e. The van der Waals surface area contributed by atoms with Crippen LogP contribution in [0.1, 0.15) is 16.1 Å². The van der Waals surface area contributed by atoms with Crippen LogP contribution in [-0.4, -0.2) is 30.3 Å². The molecule has 0 unspecified atom stereocenters. The average molecular weight is 447 g/mol. The fourth-order valence-corrected chi connectivity index (χ4v) is 5.63. The molecule has 0 atom stereocenters. The van der Waals surface area contributed by atoms with E-state index in [0.29, 0.717) is 23.8 Å². The third kappa shape index (κ3) is 4.35. The molecule has 0 spiro atoms. The number of halogens is 1. The number of aryl methyl sites for hydroxylation is 1. The molecular weight excluding hydrogens is 427 g/mol. The minimum atomic E-state index is -3.60. The molecule has 156 valence electrons. The zero-order chi connectivity index (χ0) is 21.3. The smallest absolute Gasteiger partial charge is 0.308 e. The number of hydrogen-bond acceptors (Lipinski definition) is 5. The van der Waals surface area contributed by atoms with Gasteiger partial charge in [0.2, 0.25) is 10.0 Å². The van der Waals surface area contributed by atoms with E-state index in [1.54, 1.807) is 30.3 Å². The number of fused-ring (bicyclic) bond motifs is 1. The summed E-state index contributed by atoms with van der Waals surface area (Å²) in [5, 5.41) is 5.53. The maximum atomic E-state index is 13.2. The molecule has 0 radical (unpaired) electrons. The Balaban J connectivity index is 1.45. The van der Waals surface area contributed by atoms with Crippen LogP contribution in [-0.2, 0) is 23.0 Å². The van der Waals surface area contributed by atoms with Gasteiger partial charge in [0.1, 0.15) is 5.82 Å². The van der Waals surface area contributed by atoms with Crippen molar-refractivity contribution in [1.82, 2.24) is 9.29 Å². The van der Waals surface area contributed by atoms with Gasteiger partial charge >= 0.3 is 6.03 Å². The number of carbonyl (C=O) groups excluding carboxylic acids is 1. The lowest BCUT2D eigenvalue weighted by Gasteiger charge is -2.25. The van der Waals surface area contributed by atoms with E-state index < -0.39 is 21.9 Å². The van der Waals surface area contributed by atoms with Crippen molar-refractivity contribution in [3.05, 3.63) is 70.5 Å². The minimum Gasteiger partial charge on any atom is -0.308 e. The SMILES string of the molecule is Cc1ccc(S(=O)(=O)N2CCc3nc(NC(=O)Nc4cccc(F)c4)sc3C2)cc1. The molecule has 2 heterocycles. The zero-order valence-electron chi connectivity index (χ0n) is 16.1. The van der Waals surface area contributed by atoms with Crippen molar-refractivity contribution in [3.8, 4) is 0 Å². The zero-order valence-corrected chi connectivity index (χ0v) is 17.7. The van der Waals surface area contributed by atoms with Crippen LogP contribution in [0.3, 0.4) is 0 Å². The summed E-state index contributed by atoms with van der Waals surface area (Å²) < 4.78 is 40.5. The van der Waals surface area contributed by atoms with Crippen LogP contribution >= 0.6 is 11.3 Å². The van der Waals surface area contributed by atoms with Crippen LogP contribution in [0, 0.1) is 12.7 Å². The Morgan fingerprint density at radius 1 is 1.17 bits per heavy atom. The molecule has 4 rings (SSSR count). The Morgan fingerprint density at radius 2 is 1.93 bits per heavy atom. The fourth-order valence-electron chi connectivity index (χ4n) is 3.12. The van der Waals surface area contributed by atoms with Gasteiger partial charge in [-0.15, -0.1) is 0 Å². The Morgan fingerprint density at radius 3 is 2.67 bits per heavy atom. The number of anilines is 2. The summed E-state index contributed by atoms with van der Waals surface area (Å²) in [6.45, 7) is 2.43. The molecule has 0 aliphatic carbocycles. The van der Waals surface area contributed by atoms with Gasteiger partial charge in [0, 0.05) is 23.5 Å². The number of hydrogen-bond donors (Lipinski definition) is 2. The second kappa shape index (κ2) is 8.13. The van der Waals surface area contributed by atoms with E-state index in [-0.39, 0.29) is 11.4 Å². The molecule has 10 heteroatoms. The van der Waals surface area contributed by atoms with Gasteiger partial charge in [-0.05, 0) is 37.3 Å². The van der Waals surface area contributed by atoms with E-state index in [1.807, 2.05) is 6.92 Å². The number of rotatable bonds is 4. The van der Waals surface area contributed by atoms with Crippen LogP contribution in [0.5, 0.6) is 0 Å². The van der Waals surface area contributed by atoms with E-state index in [9.17, 15) is 17.6 Å². The molecule has 2 amide bonds. The molecule has 0 saturated carbocycles. The highest BCUT2D eigenvalue weighted by Crippen LogP contribution is 2.31. The van der Waals surface area contributed by atoms with E-state index in [2.05, 4.69) is 15.6 Å². The molecular formula is C20H19FN4O3S2. The highest BCUT2D eigenvalue weighted by atomic mass is 32.2. The number of urea groups is 1. The molecule has 3 aromatic rings. The van der Waals surface area contributed by atoms with E-state index in [0.717, 1.165) is 16.1 Å². The molecule has 0 saturated heterocycles. The number of nitrogens with zero attached hydrogens (tertiary/aromatic N) is 2. The summed E-state index contributed by atoms with van der Waals surface area (Å²) in [6, 6.07) is 11.8. The second-order valence-electron chi connectivity index (χ2n) is 6.88. The van der Waals surface area contributed by atoms with Gasteiger partial charge in [-0.25, -0.2) is 22.6 Å². The highest BCUT2D eigenvalue weighted by molar-refractivity contribution is 7.89. The number of amides is 2. The number of aromatic nitrogens is 1. The van der Waals surface area contributed by atoms with Crippen molar-refractivity contribution in [2.45, 2.75) is 24.8 Å². The molecule has 1 aliphatic heterocycles. The fraction of sp³-hybridized carbons (Fsp3) is 0.200. The molecule has 0 fully saturated rings. The summed E-state index contributed by atoms with van der Waals surface area (Å²) in [5.74, 6) is -0.451. The van der Waals surface area contributed by atoms with Crippen LogP contribution in [0.25, 0.3) is 0 Å². The molecule has 7 nitrogen and oxygen atoms in total. The first-order chi connectivity index (χ1) is 14.3. The van der Waals surface area contributed by atoms with Gasteiger partial charge < -0.3 is 5.32 Å². The maximum Gasteiger partial charge on any atom is 0.325 e. The first kappa shape index (κ1) is 20.5. The van der Waals surface area contributed by atoms with E-state index >= 15 is 0 Å². The van der Waals surface area contributed by atoms with Crippen molar-refractivity contribution >= 4 is 38.2 Å². The van der Waals surface area contributed by atoms with Crippen molar-refractivity contribution in [1.29, 1.82) is 0 Å². The van der Waals surface area contributed by atoms with Crippen LogP contribution < -0.4 is 10.6 Å². The maximum absolute atomic E-state index is 13.2. The second-order valence-corrected chi connectivity index (χ2v) is 9.90. The average Bonchev–Trinajstić information content (AvgIpc) is 3.09. The summed E-state index contributed by atoms with van der Waals surface area (Å²) in [4.78, 5) is 17.6. The third-order valence-corrected chi connectivity index (χ3v) is 7.52. The molecule has 2 aromatic carbocycles. The van der Waals surface area contributed by atoms with Crippen LogP contribution in [0.4, 0.5) is 20.0 Å². The third-order valence-electron chi connectivity index (χ3n) is 4.66. The van der Waals surface area contributed by atoms with Crippen molar-refractivity contribution < 1.29 is 17.6 Å². The number of sulfonamides is 1. The van der Waals surface area contributed by atoms with Gasteiger partial charge in [-0.3, -0.25) is 5.32 Å². The summed E-state index contributed by atoms with van der Waals surface area (Å²) >= 11 is 1.23. The lowest BCUT2D eigenvalue weighted by molar-refractivity contribution is 0.262. The number of thiazole rings is 1. The number of carbonyl (C=O) groups is 1. The lowest BCUT2D eigenvalue weighted by Crippen LogP contribution is -2.35. The summed E-state index contributed by atoms with van der Waals surface area (Å²) in [7, 11) is -3.60. The standard InChI is InChI=1S/C20H19FN4O3S2/c1-13-5-7-16(8-6-13)30(27,28)25-10-9-17-18(12-25)29-20(23-17)24-19(26)22-15-4-2-3-14(21)11-15/h2-8,11H,9-10,12H2,1H3,(H2,22,23,24,26). The molecule has 1 aromatic heterocycles. The first-order valence-electron chi connectivity index (χ1n) is 9.20. The Labute approximate surface area is 177 Å². The van der Waals surface area contributed by atoms with Gasteiger partial charge in [0.05, 0.1) is 17.1 Å². The van der Waals surface area contributed by atoms with Gasteiger partial charge in [-0.1, -0.05) is 35.1 Å². The Kier molecular flexibility index (Phi) is 5.54. The van der Waals surface area contributed by atoms with Crippen molar-refractivity contribution in [3.63, 3.8) is 0 Å². The van der Waals surface area contributed by atoms with Crippen LogP contribution in [0.2, 0.25) is 0 Å². The highest BCUT2D eigenvalue weighted by Gasteiger charge is 2.30. The lowest BCUT2D eigenvalue weighted by atomic mass is 10.2. The number of benzene rings is 2. The molecule has 2 N–H and O–H groups in total. The van der Waals surface area contributed by atoms with Gasteiger partial charge in [-0.2, -0.15) is 4.31 Å².